The van der Waals surface area contributed by atoms with Crippen LogP contribution in [-0.2, 0) is 17.5 Å². The molecule has 118 valence electrons. The minimum absolute atomic E-state index is 0.0975. The van der Waals surface area contributed by atoms with E-state index in [-0.39, 0.29) is 17.6 Å². The Morgan fingerprint density at radius 2 is 2.18 bits per heavy atom. The third kappa shape index (κ3) is 3.13. The number of hydrogen-bond donors (Lipinski definition) is 0. The van der Waals surface area contributed by atoms with Crippen LogP contribution in [0.25, 0.3) is 10.7 Å². The Kier molecular flexibility index (Phi) is 3.67. The van der Waals surface area contributed by atoms with Crippen LogP contribution < -0.4 is 0 Å². The van der Waals surface area contributed by atoms with Crippen LogP contribution in [0.2, 0.25) is 0 Å². The molecular formula is C13H12F3N3O2S. The number of alkyl halides is 3. The molecule has 0 spiro atoms. The molecule has 2 aromatic rings. The quantitative estimate of drug-likeness (QED) is 0.863. The van der Waals surface area contributed by atoms with Gasteiger partial charge in [0, 0.05) is 17.8 Å². The summed E-state index contributed by atoms with van der Waals surface area (Å²) in [6.07, 6.45) is -2.79. The first kappa shape index (κ1) is 15.0. The number of thiophene rings is 1. The number of hydrogen-bond acceptors (Lipinski definition) is 5. The lowest BCUT2D eigenvalue weighted by molar-refractivity contribution is -0.159. The Morgan fingerprint density at radius 3 is 2.77 bits per heavy atom. The summed E-state index contributed by atoms with van der Waals surface area (Å²) in [7, 11) is 1.72. The molecule has 2 aromatic heterocycles. The number of halogens is 3. The van der Waals surface area contributed by atoms with Gasteiger partial charge >= 0.3 is 12.1 Å². The van der Waals surface area contributed by atoms with E-state index in [2.05, 4.69) is 14.7 Å². The van der Waals surface area contributed by atoms with E-state index in [9.17, 15) is 18.0 Å². The molecule has 0 bridgehead atoms. The van der Waals surface area contributed by atoms with Gasteiger partial charge < -0.3 is 9.42 Å². The van der Waals surface area contributed by atoms with Crippen molar-refractivity contribution >= 4 is 17.2 Å². The zero-order chi connectivity index (χ0) is 15.9. The van der Waals surface area contributed by atoms with Crippen LogP contribution in [0.5, 0.6) is 0 Å². The molecule has 1 amide bonds. The summed E-state index contributed by atoms with van der Waals surface area (Å²) >= 11 is 1.24. The Bertz CT molecular complexity index is 691. The first-order valence-electron chi connectivity index (χ1n) is 6.59. The van der Waals surface area contributed by atoms with Gasteiger partial charge in [0.25, 0.3) is 0 Å². The van der Waals surface area contributed by atoms with Gasteiger partial charge in [0.15, 0.2) is 0 Å². The van der Waals surface area contributed by atoms with Crippen molar-refractivity contribution in [2.45, 2.75) is 25.6 Å². The third-order valence-electron chi connectivity index (χ3n) is 3.25. The summed E-state index contributed by atoms with van der Waals surface area (Å²) in [5.74, 6) is -1.22. The van der Waals surface area contributed by atoms with Crippen molar-refractivity contribution in [3.05, 3.63) is 22.9 Å². The van der Waals surface area contributed by atoms with Crippen LogP contribution in [0.4, 0.5) is 13.2 Å². The molecule has 0 aliphatic heterocycles. The van der Waals surface area contributed by atoms with Crippen molar-refractivity contribution < 1.29 is 22.5 Å². The highest BCUT2D eigenvalue weighted by Crippen LogP contribution is 2.33. The molecule has 22 heavy (non-hydrogen) atoms. The lowest BCUT2D eigenvalue weighted by Gasteiger charge is -2.15. The van der Waals surface area contributed by atoms with Gasteiger partial charge in [-0.25, -0.2) is 0 Å². The van der Waals surface area contributed by atoms with Crippen molar-refractivity contribution in [1.82, 2.24) is 15.0 Å². The summed E-state index contributed by atoms with van der Waals surface area (Å²) in [6, 6.07) is 3.38. The number of aromatic nitrogens is 2. The number of nitrogens with zero attached hydrogens (tertiary/aromatic N) is 3. The lowest BCUT2D eigenvalue weighted by Crippen LogP contribution is -2.26. The van der Waals surface area contributed by atoms with Gasteiger partial charge in [-0.3, -0.25) is 4.79 Å². The highest BCUT2D eigenvalue weighted by atomic mass is 32.1. The van der Waals surface area contributed by atoms with Crippen molar-refractivity contribution in [3.8, 4) is 10.7 Å². The zero-order valence-electron chi connectivity index (χ0n) is 11.6. The molecule has 0 radical (unpaired) electrons. The van der Waals surface area contributed by atoms with E-state index >= 15 is 0 Å². The summed E-state index contributed by atoms with van der Waals surface area (Å²) in [5, 5.41) is 3.34. The predicted octanol–water partition coefficient (Wildman–Crippen LogP) is 3.19. The van der Waals surface area contributed by atoms with Crippen LogP contribution in [0.15, 0.2) is 16.7 Å². The van der Waals surface area contributed by atoms with E-state index in [4.69, 9.17) is 0 Å². The molecule has 5 nitrogen and oxygen atoms in total. The number of carbonyl (C=O) groups is 1. The number of amides is 1. The molecule has 0 N–H and O–H groups in total. The van der Waals surface area contributed by atoms with Gasteiger partial charge in [-0.05, 0) is 25.0 Å². The normalized spacial score (nSPS) is 15.1. The SMILES string of the molecule is CN(Cc1ccc(-c2noc(C(F)(F)F)n2)s1)C(=O)C1CC1. The molecule has 1 aliphatic carbocycles. The molecule has 1 saturated carbocycles. The van der Waals surface area contributed by atoms with Crippen LogP contribution in [-0.4, -0.2) is 28.0 Å². The summed E-state index contributed by atoms with van der Waals surface area (Å²) in [4.78, 5) is 18.2. The van der Waals surface area contributed by atoms with Crippen LogP contribution in [0, 0.1) is 5.92 Å². The zero-order valence-corrected chi connectivity index (χ0v) is 12.4. The highest BCUT2D eigenvalue weighted by molar-refractivity contribution is 7.15. The minimum Gasteiger partial charge on any atom is -0.340 e. The molecular weight excluding hydrogens is 319 g/mol. The molecule has 3 rings (SSSR count). The fourth-order valence-electron chi connectivity index (χ4n) is 1.98. The van der Waals surface area contributed by atoms with E-state index in [1.54, 1.807) is 24.1 Å². The van der Waals surface area contributed by atoms with Gasteiger partial charge in [-0.1, -0.05) is 5.16 Å². The summed E-state index contributed by atoms with van der Waals surface area (Å²) in [5.41, 5.74) is 0. The maximum absolute atomic E-state index is 12.4. The van der Waals surface area contributed by atoms with E-state index < -0.39 is 12.1 Å². The lowest BCUT2D eigenvalue weighted by atomic mass is 10.3. The topological polar surface area (TPSA) is 59.2 Å². The molecule has 0 unspecified atom stereocenters. The molecule has 0 saturated heterocycles. The van der Waals surface area contributed by atoms with Crippen LogP contribution in [0.3, 0.4) is 0 Å². The van der Waals surface area contributed by atoms with Crippen molar-refractivity contribution in [2.24, 2.45) is 5.92 Å². The Morgan fingerprint density at radius 1 is 1.45 bits per heavy atom. The monoisotopic (exact) mass is 331 g/mol. The maximum atomic E-state index is 12.4. The molecule has 2 heterocycles. The highest BCUT2D eigenvalue weighted by Gasteiger charge is 2.38. The average Bonchev–Trinajstić information content (AvgIpc) is 2.98. The fraction of sp³-hybridized carbons (Fsp3) is 0.462. The van der Waals surface area contributed by atoms with Gasteiger partial charge in [-0.15, -0.1) is 11.3 Å². The fourth-order valence-corrected chi connectivity index (χ4v) is 2.96. The predicted molar refractivity (Wildman–Crippen MR) is 71.8 cm³/mol. The Labute approximate surface area is 127 Å². The third-order valence-corrected chi connectivity index (χ3v) is 4.31. The van der Waals surface area contributed by atoms with Crippen molar-refractivity contribution in [3.63, 3.8) is 0 Å². The first-order valence-corrected chi connectivity index (χ1v) is 7.41. The second-order valence-electron chi connectivity index (χ2n) is 5.16. The first-order chi connectivity index (χ1) is 10.3. The smallest absolute Gasteiger partial charge is 0.340 e. The van der Waals surface area contributed by atoms with Gasteiger partial charge in [0.05, 0.1) is 11.4 Å². The maximum Gasteiger partial charge on any atom is 0.471 e. The van der Waals surface area contributed by atoms with E-state index in [1.807, 2.05) is 0 Å². The average molecular weight is 331 g/mol. The van der Waals surface area contributed by atoms with E-state index in [0.717, 1.165) is 17.7 Å². The van der Waals surface area contributed by atoms with Crippen molar-refractivity contribution in [2.75, 3.05) is 7.05 Å². The molecule has 1 fully saturated rings. The summed E-state index contributed by atoms with van der Waals surface area (Å²) in [6.45, 7) is 0.421. The van der Waals surface area contributed by atoms with Gasteiger partial charge in [0.1, 0.15) is 0 Å². The minimum atomic E-state index is -4.65. The summed E-state index contributed by atoms with van der Waals surface area (Å²) < 4.78 is 41.5. The van der Waals surface area contributed by atoms with Crippen molar-refractivity contribution in [1.29, 1.82) is 0 Å². The largest absolute Gasteiger partial charge is 0.471 e. The molecule has 1 aliphatic rings. The molecule has 9 heteroatoms. The molecule has 0 atom stereocenters. The second kappa shape index (κ2) is 5.38. The Balaban J connectivity index is 1.70. The van der Waals surface area contributed by atoms with Gasteiger partial charge in [-0.2, -0.15) is 18.2 Å². The molecule has 0 aromatic carbocycles. The van der Waals surface area contributed by atoms with E-state index in [0.29, 0.717) is 11.4 Å². The van der Waals surface area contributed by atoms with Gasteiger partial charge in [0.2, 0.25) is 11.7 Å². The van der Waals surface area contributed by atoms with E-state index in [1.165, 1.54) is 11.3 Å². The second-order valence-corrected chi connectivity index (χ2v) is 6.32. The standard InChI is InChI=1S/C13H12F3N3O2S/c1-19(11(20)7-2-3-7)6-8-4-5-9(22-8)10-17-12(21-18-10)13(14,15)16/h4-5,7H,2-3,6H2,1H3. The number of rotatable bonds is 4. The van der Waals surface area contributed by atoms with Crippen LogP contribution >= 0.6 is 11.3 Å². The number of carbonyl (C=O) groups excluding carboxylic acids is 1. The Hall–Kier alpha value is -1.90. The van der Waals surface area contributed by atoms with Crippen LogP contribution in [0.1, 0.15) is 23.6 Å².